The third-order valence-electron chi connectivity index (χ3n) is 3.19. The van der Waals surface area contributed by atoms with Crippen LogP contribution in [0, 0.1) is 13.8 Å². The molecule has 1 atom stereocenters. The fourth-order valence-electron chi connectivity index (χ4n) is 2.39. The third-order valence-corrected chi connectivity index (χ3v) is 3.19. The molecule has 0 aliphatic heterocycles. The first kappa shape index (κ1) is 15.4. The minimum atomic E-state index is -0.0472. The lowest BCUT2D eigenvalue weighted by atomic mass is 10.0. The Morgan fingerprint density at radius 2 is 1.81 bits per heavy atom. The van der Waals surface area contributed by atoms with Crippen LogP contribution in [0.2, 0.25) is 0 Å². The Morgan fingerprint density at radius 3 is 2.43 bits per heavy atom. The monoisotopic (exact) mass is 286 g/mol. The summed E-state index contributed by atoms with van der Waals surface area (Å²) in [6.45, 7) is 7.04. The summed E-state index contributed by atoms with van der Waals surface area (Å²) < 4.78 is 5.36. The van der Waals surface area contributed by atoms with Gasteiger partial charge in [0.1, 0.15) is 5.69 Å². The zero-order valence-corrected chi connectivity index (χ0v) is 13.1. The van der Waals surface area contributed by atoms with Gasteiger partial charge in [-0.15, -0.1) is 0 Å². The van der Waals surface area contributed by atoms with Gasteiger partial charge in [0, 0.05) is 23.8 Å². The second-order valence-corrected chi connectivity index (χ2v) is 5.02. The van der Waals surface area contributed by atoms with Crippen molar-refractivity contribution in [2.45, 2.75) is 33.2 Å². The molecule has 2 aromatic heterocycles. The normalized spacial score (nSPS) is 12.2. The Labute approximate surface area is 125 Å². The molecule has 0 radical (unpaired) electrons. The van der Waals surface area contributed by atoms with Crippen LogP contribution >= 0.6 is 0 Å². The Morgan fingerprint density at radius 1 is 1.14 bits per heavy atom. The number of aryl methyl sites for hydroxylation is 2. The van der Waals surface area contributed by atoms with E-state index in [1.807, 2.05) is 13.8 Å². The fourth-order valence-corrected chi connectivity index (χ4v) is 2.39. The maximum atomic E-state index is 5.36. The van der Waals surface area contributed by atoms with Crippen LogP contribution in [0.4, 0.5) is 0 Å². The average molecular weight is 286 g/mol. The molecular weight excluding hydrogens is 264 g/mol. The van der Waals surface area contributed by atoms with Crippen molar-refractivity contribution < 1.29 is 4.74 Å². The van der Waals surface area contributed by atoms with E-state index in [0.29, 0.717) is 5.88 Å². The van der Waals surface area contributed by atoms with E-state index in [-0.39, 0.29) is 6.04 Å². The van der Waals surface area contributed by atoms with Crippen LogP contribution in [-0.4, -0.2) is 28.6 Å². The van der Waals surface area contributed by atoms with Crippen LogP contribution in [0.3, 0.4) is 0 Å². The summed E-state index contributed by atoms with van der Waals surface area (Å²) in [7, 11) is 1.62. The first-order chi connectivity index (χ1) is 10.2. The van der Waals surface area contributed by atoms with Gasteiger partial charge in [-0.3, -0.25) is 9.97 Å². The molecule has 0 bridgehead atoms. The van der Waals surface area contributed by atoms with E-state index in [2.05, 4.69) is 39.3 Å². The largest absolute Gasteiger partial charge is 0.480 e. The molecule has 2 aromatic rings. The van der Waals surface area contributed by atoms with Gasteiger partial charge in [-0.05, 0) is 44.5 Å². The van der Waals surface area contributed by atoms with Crippen LogP contribution in [-0.2, 0) is 0 Å². The van der Waals surface area contributed by atoms with Crippen LogP contribution in [0.5, 0.6) is 5.88 Å². The fraction of sp³-hybridized carbons (Fsp3) is 0.438. The second-order valence-electron chi connectivity index (χ2n) is 5.02. The first-order valence-corrected chi connectivity index (χ1v) is 7.19. The van der Waals surface area contributed by atoms with E-state index in [1.165, 1.54) is 0 Å². The Hall–Kier alpha value is -2.01. The number of nitrogens with one attached hydrogen (secondary N) is 1. The summed E-state index contributed by atoms with van der Waals surface area (Å²) in [4.78, 5) is 13.2. The van der Waals surface area contributed by atoms with Gasteiger partial charge >= 0.3 is 0 Å². The molecule has 2 heterocycles. The predicted molar refractivity (Wildman–Crippen MR) is 82.4 cm³/mol. The number of pyridine rings is 1. The standard InChI is InChI=1S/C16H22N4O/c1-5-6-17-14(13-9-11(2)20-12(3)10-13)15-16(21-4)19-8-7-18-15/h7-10,14,17H,5-6H2,1-4H3. The second kappa shape index (κ2) is 7.13. The molecule has 0 saturated heterocycles. The molecule has 112 valence electrons. The SMILES string of the molecule is CCCNC(c1cc(C)nc(C)c1)c1nccnc1OC. The van der Waals surface area contributed by atoms with Crippen molar-refractivity contribution in [3.63, 3.8) is 0 Å². The minimum absolute atomic E-state index is 0.0472. The summed E-state index contributed by atoms with van der Waals surface area (Å²) >= 11 is 0. The third kappa shape index (κ3) is 3.76. The number of hydrogen-bond acceptors (Lipinski definition) is 5. The van der Waals surface area contributed by atoms with Gasteiger partial charge in [0.25, 0.3) is 0 Å². The highest BCUT2D eigenvalue weighted by Crippen LogP contribution is 2.27. The molecule has 1 unspecified atom stereocenters. The van der Waals surface area contributed by atoms with Crippen molar-refractivity contribution in [2.75, 3.05) is 13.7 Å². The van der Waals surface area contributed by atoms with Crippen molar-refractivity contribution in [2.24, 2.45) is 0 Å². The summed E-state index contributed by atoms with van der Waals surface area (Å²) in [5.41, 5.74) is 3.93. The van der Waals surface area contributed by atoms with Crippen molar-refractivity contribution in [3.05, 3.63) is 47.2 Å². The molecule has 0 saturated carbocycles. The van der Waals surface area contributed by atoms with Crippen LogP contribution in [0.1, 0.15) is 42.0 Å². The summed E-state index contributed by atoms with van der Waals surface area (Å²) in [6.07, 6.45) is 4.38. The Balaban J connectivity index is 2.46. The number of hydrogen-bond donors (Lipinski definition) is 1. The number of methoxy groups -OCH3 is 1. The zero-order valence-electron chi connectivity index (χ0n) is 13.1. The highest BCUT2D eigenvalue weighted by molar-refractivity contribution is 5.34. The molecule has 0 amide bonds. The predicted octanol–water partition coefficient (Wildman–Crippen LogP) is 2.59. The Bertz CT molecular complexity index is 580. The Kier molecular flexibility index (Phi) is 5.22. The topological polar surface area (TPSA) is 59.9 Å². The van der Waals surface area contributed by atoms with E-state index in [9.17, 15) is 0 Å². The van der Waals surface area contributed by atoms with Crippen molar-refractivity contribution in [1.82, 2.24) is 20.3 Å². The van der Waals surface area contributed by atoms with Gasteiger partial charge in [0.15, 0.2) is 0 Å². The molecule has 5 heteroatoms. The van der Waals surface area contributed by atoms with E-state index in [1.54, 1.807) is 19.5 Å². The molecule has 0 spiro atoms. The highest BCUT2D eigenvalue weighted by atomic mass is 16.5. The minimum Gasteiger partial charge on any atom is -0.480 e. The molecule has 0 aliphatic carbocycles. The summed E-state index contributed by atoms with van der Waals surface area (Å²) in [5.74, 6) is 0.554. The summed E-state index contributed by atoms with van der Waals surface area (Å²) in [6, 6.07) is 4.11. The maximum Gasteiger partial charge on any atom is 0.237 e. The van der Waals surface area contributed by atoms with Gasteiger partial charge in [-0.25, -0.2) is 4.98 Å². The van der Waals surface area contributed by atoms with Crippen molar-refractivity contribution >= 4 is 0 Å². The van der Waals surface area contributed by atoms with Gasteiger partial charge in [-0.2, -0.15) is 0 Å². The molecule has 2 rings (SSSR count). The maximum absolute atomic E-state index is 5.36. The smallest absolute Gasteiger partial charge is 0.237 e. The molecule has 0 aliphatic rings. The lowest BCUT2D eigenvalue weighted by molar-refractivity contribution is 0.382. The molecule has 5 nitrogen and oxygen atoms in total. The lowest BCUT2D eigenvalue weighted by Crippen LogP contribution is -2.25. The van der Waals surface area contributed by atoms with Gasteiger partial charge in [-0.1, -0.05) is 6.92 Å². The molecule has 0 fully saturated rings. The first-order valence-electron chi connectivity index (χ1n) is 7.19. The highest BCUT2D eigenvalue weighted by Gasteiger charge is 2.20. The van der Waals surface area contributed by atoms with Gasteiger partial charge < -0.3 is 10.1 Å². The number of nitrogens with zero attached hydrogens (tertiary/aromatic N) is 3. The van der Waals surface area contributed by atoms with E-state index < -0.39 is 0 Å². The van der Waals surface area contributed by atoms with Crippen molar-refractivity contribution in [3.8, 4) is 5.88 Å². The van der Waals surface area contributed by atoms with Crippen LogP contribution in [0.25, 0.3) is 0 Å². The number of aromatic nitrogens is 3. The average Bonchev–Trinajstić information content (AvgIpc) is 2.47. The van der Waals surface area contributed by atoms with Gasteiger partial charge in [0.2, 0.25) is 5.88 Å². The summed E-state index contributed by atoms with van der Waals surface area (Å²) in [5, 5.41) is 3.52. The van der Waals surface area contributed by atoms with E-state index >= 15 is 0 Å². The van der Waals surface area contributed by atoms with E-state index in [0.717, 1.165) is 35.6 Å². The van der Waals surface area contributed by atoms with Crippen molar-refractivity contribution in [1.29, 1.82) is 0 Å². The number of rotatable bonds is 6. The zero-order chi connectivity index (χ0) is 15.2. The molecule has 0 aromatic carbocycles. The quantitative estimate of drug-likeness (QED) is 0.884. The molecule has 1 N–H and O–H groups in total. The molecule has 21 heavy (non-hydrogen) atoms. The molecular formula is C16H22N4O. The van der Waals surface area contributed by atoms with Crippen LogP contribution in [0.15, 0.2) is 24.5 Å². The van der Waals surface area contributed by atoms with Gasteiger partial charge in [0.05, 0.1) is 13.2 Å². The van der Waals surface area contributed by atoms with Crippen LogP contribution < -0.4 is 10.1 Å². The lowest BCUT2D eigenvalue weighted by Gasteiger charge is -2.20. The number of ether oxygens (including phenoxy) is 1. The van der Waals surface area contributed by atoms with E-state index in [4.69, 9.17) is 4.74 Å².